The molecule has 0 atom stereocenters. The van der Waals surface area contributed by atoms with Crippen LogP contribution in [0, 0.1) is 10.1 Å². The zero-order valence-electron chi connectivity index (χ0n) is 10.8. The molecular weight excluding hydrogens is 250 g/mol. The fraction of sp³-hybridized carbons (Fsp3) is 0.462. The minimum atomic E-state index is -0.379. The predicted octanol–water partition coefficient (Wildman–Crippen LogP) is 2.30. The van der Waals surface area contributed by atoms with Gasteiger partial charge in [-0.2, -0.15) is 0 Å². The molecule has 0 aliphatic heterocycles. The van der Waals surface area contributed by atoms with Gasteiger partial charge in [-0.1, -0.05) is 6.92 Å². The number of nitro groups is 1. The standard InChI is InChI=1S/C13H17NO5/c1-2-9-19-13(15)11-4-6-12(7-5-11)18-10-3-8-14(16)17/h4-7H,2-3,8-10H2,1H3. The fourth-order valence-corrected chi connectivity index (χ4v) is 1.35. The van der Waals surface area contributed by atoms with Crippen molar-refractivity contribution in [3.8, 4) is 5.75 Å². The van der Waals surface area contributed by atoms with Crippen LogP contribution in [-0.2, 0) is 4.74 Å². The lowest BCUT2D eigenvalue weighted by molar-refractivity contribution is -0.480. The summed E-state index contributed by atoms with van der Waals surface area (Å²) in [5, 5.41) is 10.1. The van der Waals surface area contributed by atoms with Crippen LogP contribution in [0.15, 0.2) is 24.3 Å². The van der Waals surface area contributed by atoms with Gasteiger partial charge in [-0.15, -0.1) is 0 Å². The molecule has 6 nitrogen and oxygen atoms in total. The number of rotatable bonds is 8. The van der Waals surface area contributed by atoms with E-state index in [1.165, 1.54) is 0 Å². The van der Waals surface area contributed by atoms with Gasteiger partial charge in [0.1, 0.15) is 5.75 Å². The Hall–Kier alpha value is -2.11. The van der Waals surface area contributed by atoms with Crippen molar-refractivity contribution < 1.29 is 19.2 Å². The highest BCUT2D eigenvalue weighted by Gasteiger charge is 2.06. The molecule has 0 aromatic heterocycles. The number of hydrogen-bond acceptors (Lipinski definition) is 5. The van der Waals surface area contributed by atoms with E-state index in [4.69, 9.17) is 9.47 Å². The van der Waals surface area contributed by atoms with Gasteiger partial charge in [-0.05, 0) is 30.7 Å². The zero-order valence-corrected chi connectivity index (χ0v) is 10.8. The molecule has 0 aliphatic rings. The first-order valence-corrected chi connectivity index (χ1v) is 6.15. The van der Waals surface area contributed by atoms with Gasteiger partial charge in [-0.3, -0.25) is 10.1 Å². The molecule has 0 N–H and O–H groups in total. The van der Waals surface area contributed by atoms with E-state index in [1.807, 2.05) is 6.92 Å². The molecule has 0 heterocycles. The van der Waals surface area contributed by atoms with Crippen LogP contribution < -0.4 is 4.74 Å². The molecule has 1 aromatic rings. The summed E-state index contributed by atoms with van der Waals surface area (Å²) in [5.41, 5.74) is 0.464. The average Bonchev–Trinajstić information content (AvgIpc) is 2.41. The molecule has 0 bridgehead atoms. The molecular formula is C13H17NO5. The van der Waals surface area contributed by atoms with Crippen LogP contribution in [0.5, 0.6) is 5.75 Å². The Morgan fingerprint density at radius 2 is 1.95 bits per heavy atom. The molecule has 1 rings (SSSR count). The lowest BCUT2D eigenvalue weighted by Gasteiger charge is -2.06. The number of carbonyl (C=O) groups is 1. The number of hydrogen-bond donors (Lipinski definition) is 0. The van der Waals surface area contributed by atoms with Crippen molar-refractivity contribution in [1.82, 2.24) is 0 Å². The van der Waals surface area contributed by atoms with Crippen molar-refractivity contribution in [2.24, 2.45) is 0 Å². The predicted molar refractivity (Wildman–Crippen MR) is 69.0 cm³/mol. The van der Waals surface area contributed by atoms with Crippen molar-refractivity contribution in [3.05, 3.63) is 39.9 Å². The van der Waals surface area contributed by atoms with Gasteiger partial charge in [0.05, 0.1) is 18.8 Å². The van der Waals surface area contributed by atoms with Crippen LogP contribution in [0.3, 0.4) is 0 Å². The van der Waals surface area contributed by atoms with Gasteiger partial charge < -0.3 is 9.47 Å². The smallest absolute Gasteiger partial charge is 0.338 e. The van der Waals surface area contributed by atoms with E-state index in [2.05, 4.69) is 0 Å². The first kappa shape index (κ1) is 14.9. The molecule has 6 heteroatoms. The van der Waals surface area contributed by atoms with E-state index in [-0.39, 0.29) is 24.0 Å². The van der Waals surface area contributed by atoms with Gasteiger partial charge in [0.15, 0.2) is 0 Å². The third-order valence-electron chi connectivity index (χ3n) is 2.28. The first-order chi connectivity index (χ1) is 9.13. The summed E-state index contributed by atoms with van der Waals surface area (Å²) in [6.07, 6.45) is 1.14. The number of carbonyl (C=O) groups excluding carboxylic acids is 1. The number of ether oxygens (including phenoxy) is 2. The van der Waals surface area contributed by atoms with E-state index in [0.29, 0.717) is 24.3 Å². The molecule has 104 valence electrons. The molecule has 0 saturated carbocycles. The third kappa shape index (κ3) is 5.85. The Balaban J connectivity index is 2.38. The molecule has 1 aromatic carbocycles. The molecule has 0 radical (unpaired) electrons. The Morgan fingerprint density at radius 1 is 1.26 bits per heavy atom. The molecule has 0 amide bonds. The second kappa shape index (κ2) is 8.07. The molecule has 19 heavy (non-hydrogen) atoms. The molecule has 0 aliphatic carbocycles. The SMILES string of the molecule is CCCOC(=O)c1ccc(OCCC[N+](=O)[O-])cc1. The van der Waals surface area contributed by atoms with Crippen LogP contribution in [0.4, 0.5) is 0 Å². The molecule has 0 saturated heterocycles. The zero-order chi connectivity index (χ0) is 14.1. The largest absolute Gasteiger partial charge is 0.493 e. The van der Waals surface area contributed by atoms with Gasteiger partial charge in [0.25, 0.3) is 0 Å². The van der Waals surface area contributed by atoms with Crippen LogP contribution >= 0.6 is 0 Å². The van der Waals surface area contributed by atoms with Gasteiger partial charge in [0, 0.05) is 11.3 Å². The summed E-state index contributed by atoms with van der Waals surface area (Å²) in [4.78, 5) is 21.2. The van der Waals surface area contributed by atoms with Gasteiger partial charge in [-0.25, -0.2) is 4.79 Å². The minimum absolute atomic E-state index is 0.110. The monoisotopic (exact) mass is 267 g/mol. The highest BCUT2D eigenvalue weighted by molar-refractivity contribution is 5.89. The Labute approximate surface area is 111 Å². The Bertz CT molecular complexity index is 416. The minimum Gasteiger partial charge on any atom is -0.493 e. The van der Waals surface area contributed by atoms with Crippen LogP contribution in [-0.4, -0.2) is 30.7 Å². The van der Waals surface area contributed by atoms with E-state index >= 15 is 0 Å². The van der Waals surface area contributed by atoms with E-state index in [0.717, 1.165) is 6.42 Å². The van der Waals surface area contributed by atoms with Crippen molar-refractivity contribution in [2.45, 2.75) is 19.8 Å². The summed E-state index contributed by atoms with van der Waals surface area (Å²) in [7, 11) is 0. The maximum absolute atomic E-state index is 11.5. The van der Waals surface area contributed by atoms with Crippen molar-refractivity contribution >= 4 is 5.97 Å². The number of nitrogens with zero attached hydrogens (tertiary/aromatic N) is 1. The number of esters is 1. The summed E-state index contributed by atoms with van der Waals surface area (Å²) < 4.78 is 10.3. The van der Waals surface area contributed by atoms with Crippen molar-refractivity contribution in [1.29, 1.82) is 0 Å². The summed E-state index contributed by atoms with van der Waals surface area (Å²) in [6, 6.07) is 6.52. The first-order valence-electron chi connectivity index (χ1n) is 6.15. The Morgan fingerprint density at radius 3 is 2.53 bits per heavy atom. The summed E-state index contributed by atoms with van der Waals surface area (Å²) >= 11 is 0. The lowest BCUT2D eigenvalue weighted by atomic mass is 10.2. The second-order valence-corrected chi connectivity index (χ2v) is 3.92. The highest BCUT2D eigenvalue weighted by atomic mass is 16.6. The summed E-state index contributed by atoms with van der Waals surface area (Å²) in [6.45, 7) is 2.50. The Kier molecular flexibility index (Phi) is 6.35. The van der Waals surface area contributed by atoms with E-state index in [9.17, 15) is 14.9 Å². The van der Waals surface area contributed by atoms with E-state index in [1.54, 1.807) is 24.3 Å². The molecule has 0 unspecified atom stereocenters. The molecule has 0 spiro atoms. The van der Waals surface area contributed by atoms with Crippen LogP contribution in [0.25, 0.3) is 0 Å². The van der Waals surface area contributed by atoms with Crippen LogP contribution in [0.2, 0.25) is 0 Å². The maximum Gasteiger partial charge on any atom is 0.338 e. The van der Waals surface area contributed by atoms with Crippen molar-refractivity contribution in [2.75, 3.05) is 19.8 Å². The van der Waals surface area contributed by atoms with Crippen molar-refractivity contribution in [3.63, 3.8) is 0 Å². The third-order valence-corrected chi connectivity index (χ3v) is 2.28. The fourth-order valence-electron chi connectivity index (χ4n) is 1.35. The van der Waals surface area contributed by atoms with Crippen LogP contribution in [0.1, 0.15) is 30.1 Å². The second-order valence-electron chi connectivity index (χ2n) is 3.92. The highest BCUT2D eigenvalue weighted by Crippen LogP contribution is 2.13. The topological polar surface area (TPSA) is 78.7 Å². The van der Waals surface area contributed by atoms with E-state index < -0.39 is 0 Å². The quantitative estimate of drug-likeness (QED) is 0.312. The number of benzene rings is 1. The molecule has 0 fully saturated rings. The normalized spacial score (nSPS) is 9.95. The maximum atomic E-state index is 11.5. The summed E-state index contributed by atoms with van der Waals surface area (Å²) in [5.74, 6) is 0.220. The van der Waals surface area contributed by atoms with Gasteiger partial charge in [0.2, 0.25) is 6.54 Å². The lowest BCUT2D eigenvalue weighted by Crippen LogP contribution is -2.07. The average molecular weight is 267 g/mol. The van der Waals surface area contributed by atoms with Gasteiger partial charge >= 0.3 is 5.97 Å².